The van der Waals surface area contributed by atoms with Crippen molar-refractivity contribution in [2.75, 3.05) is 6.61 Å². The van der Waals surface area contributed by atoms with Gasteiger partial charge in [0.2, 0.25) is 0 Å². The number of ether oxygens (including phenoxy) is 1. The first-order valence-electron chi connectivity index (χ1n) is 6.16. The van der Waals surface area contributed by atoms with Crippen molar-refractivity contribution < 1.29 is 4.74 Å². The van der Waals surface area contributed by atoms with Crippen molar-refractivity contribution in [2.45, 2.75) is 40.5 Å². The molecule has 0 saturated heterocycles. The molecule has 0 fully saturated rings. The van der Waals surface area contributed by atoms with Gasteiger partial charge >= 0.3 is 0 Å². The van der Waals surface area contributed by atoms with E-state index in [2.05, 4.69) is 35.8 Å². The van der Waals surface area contributed by atoms with Crippen LogP contribution in [-0.2, 0) is 0 Å². The Kier molecular flexibility index (Phi) is 5.22. The molecule has 98 valence electrons. The van der Waals surface area contributed by atoms with Crippen LogP contribution in [0.5, 0.6) is 5.75 Å². The maximum atomic E-state index is 8.92. The van der Waals surface area contributed by atoms with E-state index in [1.165, 1.54) is 11.1 Å². The second kappa shape index (κ2) is 6.24. The van der Waals surface area contributed by atoms with Gasteiger partial charge in [0.25, 0.3) is 0 Å². The lowest BCUT2D eigenvalue weighted by Crippen LogP contribution is -2.10. The minimum Gasteiger partial charge on any atom is -0.494 e. The van der Waals surface area contributed by atoms with Crippen LogP contribution in [0.1, 0.15) is 37.8 Å². The van der Waals surface area contributed by atoms with Crippen LogP contribution in [0.25, 0.3) is 0 Å². The number of halogens is 1. The maximum Gasteiger partial charge on any atom is 0.119 e. The van der Waals surface area contributed by atoms with Gasteiger partial charge in [-0.2, -0.15) is 5.26 Å². The molecule has 0 atom stereocenters. The molecule has 1 aromatic carbocycles. The molecule has 0 aromatic heterocycles. The van der Waals surface area contributed by atoms with Gasteiger partial charge in [0.1, 0.15) is 5.75 Å². The number of nitriles is 1. The lowest BCUT2D eigenvalue weighted by molar-refractivity contribution is 0.284. The quantitative estimate of drug-likeness (QED) is 0.734. The molecule has 0 unspecified atom stereocenters. The largest absolute Gasteiger partial charge is 0.494 e. The van der Waals surface area contributed by atoms with Crippen LogP contribution >= 0.6 is 15.9 Å². The summed E-state index contributed by atoms with van der Waals surface area (Å²) in [4.78, 5) is 0. The summed E-state index contributed by atoms with van der Waals surface area (Å²) in [6.45, 7) is 8.69. The minimum absolute atomic E-state index is 0.255. The molecule has 0 aliphatic rings. The molecule has 0 radical (unpaired) electrons. The van der Waals surface area contributed by atoms with E-state index < -0.39 is 0 Å². The Bertz CT molecular complexity index is 437. The second-order valence-electron chi connectivity index (χ2n) is 5.32. The van der Waals surface area contributed by atoms with Crippen molar-refractivity contribution in [3.8, 4) is 11.8 Å². The highest BCUT2D eigenvalue weighted by Crippen LogP contribution is 2.27. The van der Waals surface area contributed by atoms with Gasteiger partial charge in [-0.05, 0) is 63.8 Å². The van der Waals surface area contributed by atoms with Crippen molar-refractivity contribution in [1.29, 1.82) is 5.26 Å². The predicted octanol–water partition coefficient (Wildman–Crippen LogP) is 4.77. The van der Waals surface area contributed by atoms with Gasteiger partial charge in [0, 0.05) is 4.47 Å². The van der Waals surface area contributed by atoms with Crippen molar-refractivity contribution in [2.24, 2.45) is 5.41 Å². The molecule has 1 rings (SSSR count). The summed E-state index contributed by atoms with van der Waals surface area (Å²) in [5.74, 6) is 0.906. The Balaban J connectivity index is 2.48. The molecule has 1 aromatic rings. The topological polar surface area (TPSA) is 33.0 Å². The zero-order valence-electron chi connectivity index (χ0n) is 11.5. The van der Waals surface area contributed by atoms with Crippen LogP contribution in [0.15, 0.2) is 16.6 Å². The van der Waals surface area contributed by atoms with Crippen LogP contribution in [-0.4, -0.2) is 6.61 Å². The minimum atomic E-state index is -0.255. The number of aryl methyl sites for hydroxylation is 2. The molecule has 0 aliphatic heterocycles. The molecule has 0 saturated carbocycles. The van der Waals surface area contributed by atoms with Gasteiger partial charge in [-0.15, -0.1) is 0 Å². The third-order valence-corrected chi connectivity index (χ3v) is 4.18. The molecule has 2 nitrogen and oxygen atoms in total. The van der Waals surface area contributed by atoms with Crippen LogP contribution < -0.4 is 4.74 Å². The van der Waals surface area contributed by atoms with Gasteiger partial charge in [-0.25, -0.2) is 0 Å². The van der Waals surface area contributed by atoms with Crippen LogP contribution in [0.4, 0.5) is 0 Å². The molecular formula is C15H20BrNO. The Morgan fingerprint density at radius 2 is 1.83 bits per heavy atom. The molecule has 0 heterocycles. The smallest absolute Gasteiger partial charge is 0.119 e. The molecule has 0 N–H and O–H groups in total. The monoisotopic (exact) mass is 309 g/mol. The summed E-state index contributed by atoms with van der Waals surface area (Å²) < 4.78 is 6.87. The van der Waals surface area contributed by atoms with Crippen molar-refractivity contribution in [3.63, 3.8) is 0 Å². The van der Waals surface area contributed by atoms with E-state index in [0.29, 0.717) is 6.61 Å². The van der Waals surface area contributed by atoms with Gasteiger partial charge < -0.3 is 4.74 Å². The number of rotatable bonds is 5. The zero-order valence-corrected chi connectivity index (χ0v) is 13.1. The van der Waals surface area contributed by atoms with Crippen molar-refractivity contribution >= 4 is 15.9 Å². The molecule has 0 bridgehead atoms. The summed E-state index contributed by atoms with van der Waals surface area (Å²) in [7, 11) is 0. The third kappa shape index (κ3) is 4.34. The highest BCUT2D eigenvalue weighted by Gasteiger charge is 2.15. The van der Waals surface area contributed by atoms with E-state index in [9.17, 15) is 0 Å². The third-order valence-electron chi connectivity index (χ3n) is 2.93. The SMILES string of the molecule is Cc1cc(OCCCC(C)(C)C#N)cc(C)c1Br. The van der Waals surface area contributed by atoms with Gasteiger partial charge in [0.05, 0.1) is 18.1 Å². The van der Waals surface area contributed by atoms with Crippen LogP contribution in [0.3, 0.4) is 0 Å². The normalized spacial score (nSPS) is 11.1. The van der Waals surface area contributed by atoms with E-state index in [-0.39, 0.29) is 5.41 Å². The molecular weight excluding hydrogens is 290 g/mol. The molecule has 0 aliphatic carbocycles. The second-order valence-corrected chi connectivity index (χ2v) is 6.11. The highest BCUT2D eigenvalue weighted by molar-refractivity contribution is 9.10. The lowest BCUT2D eigenvalue weighted by Gasteiger charge is -2.15. The zero-order chi connectivity index (χ0) is 13.8. The Morgan fingerprint density at radius 3 is 2.33 bits per heavy atom. The molecule has 18 heavy (non-hydrogen) atoms. The maximum absolute atomic E-state index is 8.92. The average molecular weight is 310 g/mol. The van der Waals surface area contributed by atoms with E-state index in [1.807, 2.05) is 26.0 Å². The first-order valence-corrected chi connectivity index (χ1v) is 6.96. The van der Waals surface area contributed by atoms with Gasteiger partial charge in [-0.1, -0.05) is 15.9 Å². The summed E-state index contributed by atoms with van der Waals surface area (Å²) >= 11 is 3.54. The fourth-order valence-corrected chi connectivity index (χ4v) is 1.98. The molecule has 0 amide bonds. The summed E-state index contributed by atoms with van der Waals surface area (Å²) in [5.41, 5.74) is 2.11. The number of nitrogens with zero attached hydrogens (tertiary/aromatic N) is 1. The number of benzene rings is 1. The van der Waals surface area contributed by atoms with Gasteiger partial charge in [-0.3, -0.25) is 0 Å². The molecule has 0 spiro atoms. The first kappa shape index (κ1) is 15.0. The van der Waals surface area contributed by atoms with E-state index in [1.54, 1.807) is 0 Å². The van der Waals surface area contributed by atoms with Crippen LogP contribution in [0, 0.1) is 30.6 Å². The Morgan fingerprint density at radius 1 is 1.28 bits per heavy atom. The van der Waals surface area contributed by atoms with E-state index in [4.69, 9.17) is 10.00 Å². The average Bonchev–Trinajstić information content (AvgIpc) is 2.31. The summed E-state index contributed by atoms with van der Waals surface area (Å²) in [6.07, 6.45) is 1.76. The predicted molar refractivity (Wildman–Crippen MR) is 77.7 cm³/mol. The Hall–Kier alpha value is -1.01. The van der Waals surface area contributed by atoms with Crippen LogP contribution in [0.2, 0.25) is 0 Å². The van der Waals surface area contributed by atoms with E-state index >= 15 is 0 Å². The Labute approximate surface area is 118 Å². The van der Waals surface area contributed by atoms with E-state index in [0.717, 1.165) is 23.1 Å². The fraction of sp³-hybridized carbons (Fsp3) is 0.533. The standard InChI is InChI=1S/C15H20BrNO/c1-11-8-13(9-12(2)14(11)16)18-7-5-6-15(3,4)10-17/h8-9H,5-7H2,1-4H3. The lowest BCUT2D eigenvalue weighted by atomic mass is 9.90. The van der Waals surface area contributed by atoms with Gasteiger partial charge in [0.15, 0.2) is 0 Å². The van der Waals surface area contributed by atoms with Crippen molar-refractivity contribution in [1.82, 2.24) is 0 Å². The number of hydrogen-bond acceptors (Lipinski definition) is 2. The summed E-state index contributed by atoms with van der Waals surface area (Å²) in [5, 5.41) is 8.92. The fourth-order valence-electron chi connectivity index (χ4n) is 1.75. The van der Waals surface area contributed by atoms with Crippen molar-refractivity contribution in [3.05, 3.63) is 27.7 Å². The first-order chi connectivity index (χ1) is 8.35. The molecule has 3 heteroatoms. The number of hydrogen-bond donors (Lipinski definition) is 0. The highest BCUT2D eigenvalue weighted by atomic mass is 79.9. The summed E-state index contributed by atoms with van der Waals surface area (Å²) in [6, 6.07) is 6.37.